The summed E-state index contributed by atoms with van der Waals surface area (Å²) < 4.78 is 39.0. The maximum atomic E-state index is 10.6. The number of aliphatic carboxylic acids is 1. The van der Waals surface area contributed by atoms with Crippen LogP contribution in [-0.2, 0) is 11.3 Å². The molecule has 0 atom stereocenters. The van der Waals surface area contributed by atoms with Gasteiger partial charge >= 0.3 is 12.1 Å². The molecule has 3 heterocycles. The van der Waals surface area contributed by atoms with Crippen LogP contribution in [-0.4, -0.2) is 41.9 Å². The molecule has 0 saturated carbocycles. The first kappa shape index (κ1) is 19.0. The maximum Gasteiger partial charge on any atom is 0.490 e. The van der Waals surface area contributed by atoms with Crippen LogP contribution in [0.4, 0.5) is 13.2 Å². The molecule has 0 saturated heterocycles. The highest BCUT2D eigenvalue weighted by molar-refractivity contribution is 5.75. The van der Waals surface area contributed by atoms with Crippen LogP contribution in [0, 0.1) is 0 Å². The Kier molecular flexibility index (Phi) is 5.34. The Morgan fingerprint density at radius 2 is 1.82 bits per heavy atom. The Labute approximate surface area is 155 Å². The molecule has 3 aromatic heterocycles. The summed E-state index contributed by atoms with van der Waals surface area (Å²) in [6, 6.07) is 13.5. The molecule has 1 N–H and O–H groups in total. The van der Waals surface area contributed by atoms with E-state index in [2.05, 4.69) is 20.1 Å². The number of carboxylic acids is 1. The molecule has 0 unspecified atom stereocenters. The fourth-order valence-electron chi connectivity index (χ4n) is 2.20. The van der Waals surface area contributed by atoms with E-state index in [1.54, 1.807) is 12.5 Å². The Balaban J connectivity index is 0.000000279. The Morgan fingerprint density at radius 1 is 1.11 bits per heavy atom. The highest BCUT2D eigenvalue weighted by Gasteiger charge is 2.38. The van der Waals surface area contributed by atoms with Crippen molar-refractivity contribution in [1.82, 2.24) is 24.7 Å². The van der Waals surface area contributed by atoms with Crippen molar-refractivity contribution >= 4 is 17.0 Å². The molecule has 11 heteroatoms. The first-order valence-corrected chi connectivity index (χ1v) is 7.78. The smallest absolute Gasteiger partial charge is 0.475 e. The molecule has 28 heavy (non-hydrogen) atoms. The summed E-state index contributed by atoms with van der Waals surface area (Å²) in [6.07, 6.45) is -1.61. The van der Waals surface area contributed by atoms with E-state index < -0.39 is 12.1 Å². The summed E-state index contributed by atoms with van der Waals surface area (Å²) in [5.74, 6) is -1.73. The van der Waals surface area contributed by atoms with Gasteiger partial charge in [0.25, 0.3) is 0 Å². The first-order valence-electron chi connectivity index (χ1n) is 7.78. The summed E-state index contributed by atoms with van der Waals surface area (Å²) in [5, 5.41) is 11.1. The number of alkyl halides is 3. The van der Waals surface area contributed by atoms with Gasteiger partial charge in [0.15, 0.2) is 0 Å². The second-order valence-corrected chi connectivity index (χ2v) is 5.39. The molecule has 0 aliphatic rings. The van der Waals surface area contributed by atoms with Crippen LogP contribution in [0.1, 0.15) is 5.89 Å². The highest BCUT2D eigenvalue weighted by atomic mass is 19.4. The van der Waals surface area contributed by atoms with Crippen molar-refractivity contribution < 1.29 is 27.6 Å². The zero-order valence-corrected chi connectivity index (χ0v) is 14.0. The first-order chi connectivity index (χ1) is 13.3. The number of hydrogen-bond donors (Lipinski definition) is 1. The van der Waals surface area contributed by atoms with Gasteiger partial charge in [-0.15, -0.1) is 0 Å². The zero-order chi connectivity index (χ0) is 20.1. The monoisotopic (exact) mass is 391 g/mol. The second-order valence-electron chi connectivity index (χ2n) is 5.39. The Bertz CT molecular complexity index is 1080. The van der Waals surface area contributed by atoms with E-state index in [9.17, 15) is 13.2 Å². The van der Waals surface area contributed by atoms with Crippen LogP contribution < -0.4 is 0 Å². The summed E-state index contributed by atoms with van der Waals surface area (Å²) in [4.78, 5) is 21.8. The summed E-state index contributed by atoms with van der Waals surface area (Å²) >= 11 is 0. The van der Waals surface area contributed by atoms with Crippen molar-refractivity contribution in [3.8, 4) is 11.5 Å². The number of nitrogens with zero attached hydrogens (tertiary/aromatic N) is 5. The molecule has 0 amide bonds. The molecular formula is C17H12F3N5O3. The number of benzene rings is 1. The molecule has 4 rings (SSSR count). The highest BCUT2D eigenvalue weighted by Crippen LogP contribution is 2.16. The maximum absolute atomic E-state index is 10.6. The van der Waals surface area contributed by atoms with Crippen LogP contribution in [0.15, 0.2) is 59.5 Å². The van der Waals surface area contributed by atoms with Crippen LogP contribution >= 0.6 is 0 Å². The topological polar surface area (TPSA) is 107 Å². The Morgan fingerprint density at radius 3 is 2.50 bits per heavy atom. The number of halogens is 3. The van der Waals surface area contributed by atoms with Crippen molar-refractivity contribution in [1.29, 1.82) is 0 Å². The van der Waals surface area contributed by atoms with Crippen LogP contribution in [0.3, 0.4) is 0 Å². The number of aromatic nitrogens is 5. The lowest BCUT2D eigenvalue weighted by atomic mass is 10.3. The van der Waals surface area contributed by atoms with Crippen molar-refractivity contribution in [2.75, 3.05) is 0 Å². The van der Waals surface area contributed by atoms with E-state index >= 15 is 0 Å². The average molecular weight is 391 g/mol. The quantitative estimate of drug-likeness (QED) is 0.572. The number of rotatable bonds is 3. The molecule has 0 radical (unpaired) electrons. The third-order valence-electron chi connectivity index (χ3n) is 3.44. The number of carbonyl (C=O) groups is 1. The summed E-state index contributed by atoms with van der Waals surface area (Å²) in [7, 11) is 0. The zero-order valence-electron chi connectivity index (χ0n) is 14.0. The minimum absolute atomic E-state index is 0.486. The number of carboxylic acid groups (broad SMARTS) is 1. The number of fused-ring (bicyclic) bond motifs is 1. The number of para-hydroxylation sites is 2. The van der Waals surface area contributed by atoms with Gasteiger partial charge in [-0.05, 0) is 24.3 Å². The average Bonchev–Trinajstić information content (AvgIpc) is 3.30. The van der Waals surface area contributed by atoms with Crippen LogP contribution in [0.5, 0.6) is 0 Å². The molecule has 0 spiro atoms. The van der Waals surface area contributed by atoms with Gasteiger partial charge in [-0.25, -0.2) is 9.78 Å². The van der Waals surface area contributed by atoms with Gasteiger partial charge < -0.3 is 14.2 Å². The normalized spacial score (nSPS) is 11.1. The lowest BCUT2D eigenvalue weighted by Crippen LogP contribution is -2.21. The van der Waals surface area contributed by atoms with Crippen molar-refractivity contribution in [3.63, 3.8) is 0 Å². The number of hydrogen-bond acceptors (Lipinski definition) is 6. The SMILES string of the molecule is O=C(O)C(F)(F)F.c1ccc(-c2noc(Cn3cnc4ccccc43)n2)nc1. The standard InChI is InChI=1S/C15H11N5O.C2HF3O2/c1-2-7-13-11(5-1)17-10-20(13)9-14-18-15(19-21-14)12-6-3-4-8-16-12;3-2(4,5)1(6)7/h1-8,10H,9H2;(H,6,7). The van der Waals surface area contributed by atoms with Gasteiger partial charge in [0.05, 0.1) is 17.4 Å². The van der Waals surface area contributed by atoms with Gasteiger partial charge in [-0.1, -0.05) is 23.4 Å². The van der Waals surface area contributed by atoms with Gasteiger partial charge in [-0.3, -0.25) is 4.98 Å². The predicted molar refractivity (Wildman–Crippen MR) is 90.1 cm³/mol. The second kappa shape index (κ2) is 7.86. The van der Waals surface area contributed by atoms with Crippen molar-refractivity contribution in [3.05, 3.63) is 60.9 Å². The van der Waals surface area contributed by atoms with Gasteiger partial charge in [0, 0.05) is 6.20 Å². The van der Waals surface area contributed by atoms with E-state index in [1.807, 2.05) is 47.0 Å². The molecule has 0 bridgehead atoms. The minimum Gasteiger partial charge on any atom is -0.475 e. The minimum atomic E-state index is -5.08. The largest absolute Gasteiger partial charge is 0.490 e. The third kappa shape index (κ3) is 4.50. The van der Waals surface area contributed by atoms with Crippen LogP contribution in [0.25, 0.3) is 22.6 Å². The number of imidazole rings is 1. The van der Waals surface area contributed by atoms with Crippen molar-refractivity contribution in [2.24, 2.45) is 0 Å². The predicted octanol–water partition coefficient (Wildman–Crippen LogP) is 3.16. The fourth-order valence-corrected chi connectivity index (χ4v) is 2.20. The molecule has 144 valence electrons. The van der Waals surface area contributed by atoms with E-state index in [1.165, 1.54) is 0 Å². The van der Waals surface area contributed by atoms with Gasteiger partial charge in [-0.2, -0.15) is 18.2 Å². The molecule has 1 aromatic carbocycles. The molecule has 4 aromatic rings. The third-order valence-corrected chi connectivity index (χ3v) is 3.44. The summed E-state index contributed by atoms with van der Waals surface area (Å²) in [6.45, 7) is 0.486. The van der Waals surface area contributed by atoms with Crippen LogP contribution in [0.2, 0.25) is 0 Å². The van der Waals surface area contributed by atoms with Crippen molar-refractivity contribution in [2.45, 2.75) is 12.7 Å². The fraction of sp³-hybridized carbons (Fsp3) is 0.118. The van der Waals surface area contributed by atoms with E-state index in [-0.39, 0.29) is 0 Å². The number of pyridine rings is 1. The van der Waals surface area contributed by atoms with E-state index in [0.29, 0.717) is 24.0 Å². The molecule has 8 nitrogen and oxygen atoms in total. The summed E-state index contributed by atoms with van der Waals surface area (Å²) in [5.41, 5.74) is 2.68. The molecular weight excluding hydrogens is 379 g/mol. The van der Waals surface area contributed by atoms with E-state index in [4.69, 9.17) is 14.4 Å². The molecule has 0 aliphatic heterocycles. The Hall–Kier alpha value is -3.76. The van der Waals surface area contributed by atoms with Gasteiger partial charge in [0.1, 0.15) is 12.2 Å². The molecule has 0 fully saturated rings. The van der Waals surface area contributed by atoms with E-state index in [0.717, 1.165) is 11.0 Å². The lowest BCUT2D eigenvalue weighted by Gasteiger charge is -1.98. The lowest BCUT2D eigenvalue weighted by molar-refractivity contribution is -0.192. The van der Waals surface area contributed by atoms with Gasteiger partial charge in [0.2, 0.25) is 11.7 Å². The molecule has 0 aliphatic carbocycles.